The molecule has 1 unspecified atom stereocenters. The molecule has 7 heteroatoms. The molecule has 0 aromatic heterocycles. The second-order valence-electron chi connectivity index (χ2n) is 2.72. The van der Waals surface area contributed by atoms with Gasteiger partial charge < -0.3 is 0 Å². The van der Waals surface area contributed by atoms with E-state index in [9.17, 15) is 22.0 Å². The van der Waals surface area contributed by atoms with E-state index in [2.05, 4.69) is 9.47 Å². The number of rotatable bonds is 1. The van der Waals surface area contributed by atoms with Crippen molar-refractivity contribution in [1.29, 1.82) is 0 Å². The van der Waals surface area contributed by atoms with Crippen LogP contribution in [-0.2, 0) is 9.47 Å². The lowest BCUT2D eigenvalue weighted by molar-refractivity contribution is -0.541. The molecule has 0 aromatic carbocycles. The van der Waals surface area contributed by atoms with Crippen molar-refractivity contribution in [3.8, 4) is 0 Å². The standard InChI is InChI=1S/C6H7F5O2/c1-2-4(7)3-5(8,9)13-6(10,11)12-4/h2-3H2,1H3. The van der Waals surface area contributed by atoms with Crippen molar-refractivity contribution in [2.45, 2.75) is 38.0 Å². The minimum atomic E-state index is -4.58. The first-order chi connectivity index (χ1) is 5.68. The van der Waals surface area contributed by atoms with Crippen LogP contribution in [-0.4, -0.2) is 18.3 Å². The fraction of sp³-hybridized carbons (Fsp3) is 1.00. The van der Waals surface area contributed by atoms with Crippen LogP contribution in [0, 0.1) is 0 Å². The van der Waals surface area contributed by atoms with Crippen LogP contribution < -0.4 is 0 Å². The Morgan fingerprint density at radius 1 is 1.08 bits per heavy atom. The normalized spacial score (nSPS) is 37.4. The molecule has 1 aliphatic heterocycles. The molecule has 0 aromatic rings. The van der Waals surface area contributed by atoms with Crippen LogP contribution in [0.15, 0.2) is 0 Å². The van der Waals surface area contributed by atoms with E-state index in [1.54, 1.807) is 0 Å². The fourth-order valence-corrected chi connectivity index (χ4v) is 0.984. The van der Waals surface area contributed by atoms with Crippen molar-refractivity contribution < 1.29 is 31.4 Å². The Morgan fingerprint density at radius 3 is 2.00 bits per heavy atom. The van der Waals surface area contributed by atoms with Gasteiger partial charge in [-0.05, 0) is 0 Å². The maximum atomic E-state index is 13.0. The molecule has 0 radical (unpaired) electrons. The molecular formula is C6H7F5O2. The van der Waals surface area contributed by atoms with Gasteiger partial charge in [-0.25, -0.2) is 9.13 Å². The highest BCUT2D eigenvalue weighted by Crippen LogP contribution is 2.45. The zero-order chi connectivity index (χ0) is 10.3. The molecule has 0 N–H and O–H groups in total. The van der Waals surface area contributed by atoms with E-state index in [0.29, 0.717) is 0 Å². The summed E-state index contributed by atoms with van der Waals surface area (Å²) >= 11 is 0. The Kier molecular flexibility index (Phi) is 2.28. The van der Waals surface area contributed by atoms with Crippen molar-refractivity contribution >= 4 is 0 Å². The first kappa shape index (κ1) is 10.6. The van der Waals surface area contributed by atoms with Gasteiger partial charge in [-0.2, -0.15) is 8.78 Å². The Bertz CT molecular complexity index is 189. The topological polar surface area (TPSA) is 18.5 Å². The second kappa shape index (κ2) is 2.78. The molecule has 0 spiro atoms. The largest absolute Gasteiger partial charge is 0.492 e. The Labute approximate surface area is 70.6 Å². The maximum Gasteiger partial charge on any atom is 0.492 e. The van der Waals surface area contributed by atoms with Gasteiger partial charge in [0.25, 0.3) is 0 Å². The second-order valence-corrected chi connectivity index (χ2v) is 2.72. The van der Waals surface area contributed by atoms with Crippen molar-refractivity contribution in [2.24, 2.45) is 0 Å². The molecule has 0 aliphatic carbocycles. The van der Waals surface area contributed by atoms with E-state index in [0.717, 1.165) is 6.92 Å². The summed E-state index contributed by atoms with van der Waals surface area (Å²) in [7, 11) is 0. The number of hydrogen-bond acceptors (Lipinski definition) is 2. The van der Waals surface area contributed by atoms with E-state index >= 15 is 0 Å². The summed E-state index contributed by atoms with van der Waals surface area (Å²) in [5.41, 5.74) is 0. The van der Waals surface area contributed by atoms with Crippen LogP contribution in [0.3, 0.4) is 0 Å². The SMILES string of the molecule is CCC1(F)CC(F)(F)OC(F)(F)O1. The van der Waals surface area contributed by atoms with Gasteiger partial charge in [0.05, 0.1) is 6.42 Å². The average Bonchev–Trinajstić information content (AvgIpc) is 1.79. The predicted octanol–water partition coefficient (Wildman–Crippen LogP) is 2.64. The quantitative estimate of drug-likeness (QED) is 0.614. The molecule has 0 saturated carbocycles. The van der Waals surface area contributed by atoms with E-state index in [-0.39, 0.29) is 0 Å². The van der Waals surface area contributed by atoms with Crippen LogP contribution in [0.2, 0.25) is 0 Å². The first-order valence-electron chi connectivity index (χ1n) is 3.53. The molecule has 1 atom stereocenters. The monoisotopic (exact) mass is 206 g/mol. The smallest absolute Gasteiger partial charge is 0.258 e. The highest BCUT2D eigenvalue weighted by molar-refractivity contribution is 4.76. The van der Waals surface area contributed by atoms with Crippen molar-refractivity contribution in [3.05, 3.63) is 0 Å². The van der Waals surface area contributed by atoms with Crippen LogP contribution >= 0.6 is 0 Å². The van der Waals surface area contributed by atoms with Crippen molar-refractivity contribution in [3.63, 3.8) is 0 Å². The molecular weight excluding hydrogens is 199 g/mol. The van der Waals surface area contributed by atoms with Gasteiger partial charge in [-0.1, -0.05) is 6.92 Å². The molecule has 1 heterocycles. The third kappa shape index (κ3) is 2.50. The molecule has 2 nitrogen and oxygen atoms in total. The lowest BCUT2D eigenvalue weighted by Crippen LogP contribution is -2.51. The Hall–Kier alpha value is -0.430. The molecule has 1 aliphatic rings. The summed E-state index contributed by atoms with van der Waals surface area (Å²) in [6.07, 6.45) is -10.9. The average molecular weight is 206 g/mol. The molecule has 78 valence electrons. The summed E-state index contributed by atoms with van der Waals surface area (Å²) in [5, 5.41) is 0. The Balaban J connectivity index is 2.84. The number of hydrogen-bond donors (Lipinski definition) is 0. The number of halogens is 5. The molecule has 1 fully saturated rings. The number of alkyl halides is 5. The third-order valence-corrected chi connectivity index (χ3v) is 1.57. The highest BCUT2D eigenvalue weighted by Gasteiger charge is 2.60. The van der Waals surface area contributed by atoms with Gasteiger partial charge in [0.15, 0.2) is 0 Å². The first-order valence-corrected chi connectivity index (χ1v) is 3.53. The van der Waals surface area contributed by atoms with Crippen LogP contribution in [0.4, 0.5) is 22.0 Å². The molecule has 0 amide bonds. The molecule has 1 saturated heterocycles. The van der Waals surface area contributed by atoms with E-state index in [1.165, 1.54) is 0 Å². The molecule has 1 rings (SSSR count). The van der Waals surface area contributed by atoms with E-state index in [4.69, 9.17) is 0 Å². The molecule has 13 heavy (non-hydrogen) atoms. The minimum absolute atomic E-state index is 0.596. The summed E-state index contributed by atoms with van der Waals surface area (Å²) in [6.45, 7) is 1.12. The lowest BCUT2D eigenvalue weighted by Gasteiger charge is -2.37. The highest BCUT2D eigenvalue weighted by atomic mass is 19.3. The summed E-state index contributed by atoms with van der Waals surface area (Å²) in [4.78, 5) is 0. The predicted molar refractivity (Wildman–Crippen MR) is 30.8 cm³/mol. The third-order valence-electron chi connectivity index (χ3n) is 1.57. The van der Waals surface area contributed by atoms with Gasteiger partial charge in [-0.3, -0.25) is 4.74 Å². The summed E-state index contributed by atoms with van der Waals surface area (Å²) in [5.74, 6) is -3.04. The zero-order valence-electron chi connectivity index (χ0n) is 6.62. The zero-order valence-corrected chi connectivity index (χ0v) is 6.62. The van der Waals surface area contributed by atoms with Gasteiger partial charge in [0.1, 0.15) is 0 Å². The molecule has 0 bridgehead atoms. The van der Waals surface area contributed by atoms with Gasteiger partial charge in [0, 0.05) is 6.42 Å². The van der Waals surface area contributed by atoms with Gasteiger partial charge in [-0.15, -0.1) is 8.78 Å². The van der Waals surface area contributed by atoms with Gasteiger partial charge >= 0.3 is 12.4 Å². The van der Waals surface area contributed by atoms with Crippen molar-refractivity contribution in [1.82, 2.24) is 0 Å². The van der Waals surface area contributed by atoms with E-state index in [1.807, 2.05) is 0 Å². The summed E-state index contributed by atoms with van der Waals surface area (Å²) in [6, 6.07) is 0. The summed E-state index contributed by atoms with van der Waals surface area (Å²) < 4.78 is 68.6. The maximum absolute atomic E-state index is 13.0. The van der Waals surface area contributed by atoms with E-state index < -0.39 is 31.1 Å². The fourth-order valence-electron chi connectivity index (χ4n) is 0.984. The van der Waals surface area contributed by atoms with Crippen LogP contribution in [0.1, 0.15) is 19.8 Å². The number of ether oxygens (including phenoxy) is 2. The van der Waals surface area contributed by atoms with Crippen LogP contribution in [0.25, 0.3) is 0 Å². The van der Waals surface area contributed by atoms with Crippen LogP contribution in [0.5, 0.6) is 0 Å². The minimum Gasteiger partial charge on any atom is -0.258 e. The van der Waals surface area contributed by atoms with Crippen molar-refractivity contribution in [2.75, 3.05) is 0 Å². The Morgan fingerprint density at radius 2 is 1.62 bits per heavy atom. The van der Waals surface area contributed by atoms with Gasteiger partial charge in [0.2, 0.25) is 5.85 Å². The lowest BCUT2D eigenvalue weighted by atomic mass is 10.1.